The fourth-order valence-electron chi connectivity index (χ4n) is 4.31. The first-order valence-corrected chi connectivity index (χ1v) is 11.5. The Bertz CT molecular complexity index is 1230. The molecule has 3 atom stereocenters. The number of nitrogens with one attached hydrogen (secondary N) is 1. The number of benzene rings is 1. The lowest BCUT2D eigenvalue weighted by molar-refractivity contribution is -0.145. The van der Waals surface area contributed by atoms with Gasteiger partial charge < -0.3 is 19.6 Å². The van der Waals surface area contributed by atoms with Crippen LogP contribution in [0.3, 0.4) is 0 Å². The molecule has 1 fully saturated rings. The molecule has 9 heteroatoms. The molecule has 0 amide bonds. The van der Waals surface area contributed by atoms with Crippen LogP contribution in [0, 0.1) is 11.8 Å². The van der Waals surface area contributed by atoms with E-state index in [1.165, 1.54) is 0 Å². The summed E-state index contributed by atoms with van der Waals surface area (Å²) in [5, 5.41) is 15.4. The SMILES string of the molecule is CCCc1nn(C)c2c(=O)[nH]c(-c3cc(C(O)C4CC4C(=O)OCC)ccc3OCC)nc12. The van der Waals surface area contributed by atoms with Gasteiger partial charge >= 0.3 is 5.97 Å². The van der Waals surface area contributed by atoms with Crippen LogP contribution in [0.4, 0.5) is 0 Å². The van der Waals surface area contributed by atoms with Gasteiger partial charge in [0.05, 0.1) is 36.5 Å². The van der Waals surface area contributed by atoms with Gasteiger partial charge in [0, 0.05) is 13.0 Å². The van der Waals surface area contributed by atoms with Crippen molar-refractivity contribution >= 4 is 17.0 Å². The van der Waals surface area contributed by atoms with Gasteiger partial charge in [-0.15, -0.1) is 0 Å². The summed E-state index contributed by atoms with van der Waals surface area (Å²) in [6.45, 7) is 6.45. The highest BCUT2D eigenvalue weighted by Crippen LogP contribution is 2.48. The third-order valence-electron chi connectivity index (χ3n) is 5.98. The van der Waals surface area contributed by atoms with E-state index in [0.29, 0.717) is 59.8 Å². The number of H-pyrrole nitrogens is 1. The summed E-state index contributed by atoms with van der Waals surface area (Å²) in [5.41, 5.74) is 2.68. The first kappa shape index (κ1) is 23.0. The first-order valence-electron chi connectivity index (χ1n) is 11.5. The molecule has 1 aliphatic carbocycles. The van der Waals surface area contributed by atoms with Crippen molar-refractivity contribution in [2.24, 2.45) is 18.9 Å². The number of esters is 1. The maximum Gasteiger partial charge on any atom is 0.309 e. The van der Waals surface area contributed by atoms with Crippen molar-refractivity contribution in [2.75, 3.05) is 13.2 Å². The maximum absolute atomic E-state index is 12.9. The van der Waals surface area contributed by atoms with Crippen LogP contribution in [0.1, 0.15) is 51.0 Å². The number of hydrogen-bond acceptors (Lipinski definition) is 7. The number of rotatable bonds is 9. The second-order valence-corrected chi connectivity index (χ2v) is 8.32. The number of fused-ring (bicyclic) bond motifs is 1. The second kappa shape index (κ2) is 9.35. The smallest absolute Gasteiger partial charge is 0.309 e. The van der Waals surface area contributed by atoms with E-state index < -0.39 is 6.10 Å². The second-order valence-electron chi connectivity index (χ2n) is 8.32. The van der Waals surface area contributed by atoms with Gasteiger partial charge in [-0.3, -0.25) is 14.3 Å². The Labute approximate surface area is 191 Å². The van der Waals surface area contributed by atoms with Crippen LogP contribution in [-0.4, -0.2) is 44.0 Å². The number of nitrogens with zero attached hydrogens (tertiary/aromatic N) is 3. The molecule has 0 radical (unpaired) electrons. The number of aromatic amines is 1. The average molecular weight is 455 g/mol. The molecule has 176 valence electrons. The van der Waals surface area contributed by atoms with Crippen molar-refractivity contribution in [3.8, 4) is 17.1 Å². The summed E-state index contributed by atoms with van der Waals surface area (Å²) in [6.07, 6.45) is 1.34. The van der Waals surface area contributed by atoms with Gasteiger partial charge in [-0.2, -0.15) is 5.10 Å². The largest absolute Gasteiger partial charge is 0.493 e. The van der Waals surface area contributed by atoms with E-state index in [9.17, 15) is 14.7 Å². The van der Waals surface area contributed by atoms with E-state index in [-0.39, 0.29) is 23.4 Å². The molecule has 3 aromatic rings. The van der Waals surface area contributed by atoms with E-state index in [1.54, 1.807) is 36.9 Å². The molecule has 2 N–H and O–H groups in total. The monoisotopic (exact) mass is 454 g/mol. The number of aliphatic hydroxyl groups excluding tert-OH is 1. The highest BCUT2D eigenvalue weighted by molar-refractivity contribution is 5.80. The molecular weight excluding hydrogens is 424 g/mol. The van der Waals surface area contributed by atoms with Crippen molar-refractivity contribution in [3.05, 3.63) is 39.8 Å². The minimum Gasteiger partial charge on any atom is -0.493 e. The quantitative estimate of drug-likeness (QED) is 0.477. The summed E-state index contributed by atoms with van der Waals surface area (Å²) >= 11 is 0. The van der Waals surface area contributed by atoms with Crippen molar-refractivity contribution in [1.29, 1.82) is 0 Å². The van der Waals surface area contributed by atoms with E-state index in [4.69, 9.17) is 14.5 Å². The zero-order valence-electron chi connectivity index (χ0n) is 19.4. The molecule has 1 aromatic carbocycles. The molecule has 1 aliphatic rings. The topological polar surface area (TPSA) is 119 Å². The minimum absolute atomic E-state index is 0.196. The van der Waals surface area contributed by atoms with Crippen LogP contribution in [0.15, 0.2) is 23.0 Å². The number of aliphatic hydroxyl groups is 1. The zero-order chi connectivity index (χ0) is 23.7. The summed E-state index contributed by atoms with van der Waals surface area (Å²) in [5.74, 6) is 0.141. The van der Waals surface area contributed by atoms with Crippen LogP contribution < -0.4 is 10.3 Å². The molecular formula is C24H30N4O5. The third-order valence-corrected chi connectivity index (χ3v) is 5.98. The van der Waals surface area contributed by atoms with Gasteiger partial charge in [0.1, 0.15) is 17.1 Å². The number of ether oxygens (including phenoxy) is 2. The van der Waals surface area contributed by atoms with Crippen molar-refractivity contribution < 1.29 is 19.4 Å². The van der Waals surface area contributed by atoms with Crippen molar-refractivity contribution in [3.63, 3.8) is 0 Å². The molecule has 4 rings (SSSR count). The summed E-state index contributed by atoms with van der Waals surface area (Å²) in [7, 11) is 1.73. The Kier molecular flexibility index (Phi) is 6.51. The zero-order valence-corrected chi connectivity index (χ0v) is 19.4. The molecule has 0 spiro atoms. The highest BCUT2D eigenvalue weighted by atomic mass is 16.5. The predicted molar refractivity (Wildman–Crippen MR) is 123 cm³/mol. The van der Waals surface area contributed by atoms with Crippen LogP contribution >= 0.6 is 0 Å². The van der Waals surface area contributed by atoms with E-state index >= 15 is 0 Å². The van der Waals surface area contributed by atoms with Gasteiger partial charge in [0.15, 0.2) is 5.52 Å². The fourth-order valence-corrected chi connectivity index (χ4v) is 4.31. The minimum atomic E-state index is -0.835. The molecule has 0 saturated heterocycles. The number of aromatic nitrogens is 4. The van der Waals surface area contributed by atoms with Crippen molar-refractivity contribution in [1.82, 2.24) is 19.7 Å². The molecule has 1 saturated carbocycles. The lowest BCUT2D eigenvalue weighted by atomic mass is 10.0. The van der Waals surface area contributed by atoms with Crippen molar-refractivity contribution in [2.45, 2.75) is 46.1 Å². The van der Waals surface area contributed by atoms with Crippen LogP contribution in [0.2, 0.25) is 0 Å². The molecule has 0 bridgehead atoms. The number of carbonyl (C=O) groups excluding carboxylic acids is 1. The van der Waals surface area contributed by atoms with Gasteiger partial charge in [-0.1, -0.05) is 19.4 Å². The van der Waals surface area contributed by atoms with Gasteiger partial charge in [0.2, 0.25) is 0 Å². The molecule has 2 heterocycles. The molecule has 9 nitrogen and oxygen atoms in total. The summed E-state index contributed by atoms with van der Waals surface area (Å²) in [4.78, 5) is 32.5. The lowest BCUT2D eigenvalue weighted by Crippen LogP contribution is -2.13. The molecule has 33 heavy (non-hydrogen) atoms. The van der Waals surface area contributed by atoms with Crippen LogP contribution in [0.5, 0.6) is 5.75 Å². The lowest BCUT2D eigenvalue weighted by Gasteiger charge is -2.15. The Morgan fingerprint density at radius 3 is 2.79 bits per heavy atom. The predicted octanol–water partition coefficient (Wildman–Crippen LogP) is 2.91. The fraction of sp³-hybridized carbons (Fsp3) is 0.500. The standard InChI is InChI=1S/C24H30N4O5/c1-5-8-17-19-20(28(4)27-17)23(30)26-22(25-19)16-11-13(9-10-18(16)32-6-2)21(29)14-12-15(14)24(31)33-7-3/h9-11,14-15,21,29H,5-8,12H2,1-4H3,(H,25,26,30). The third kappa shape index (κ3) is 4.37. The number of aryl methyl sites for hydroxylation is 2. The summed E-state index contributed by atoms with van der Waals surface area (Å²) < 4.78 is 12.4. The van der Waals surface area contributed by atoms with E-state index in [1.807, 2.05) is 13.8 Å². The molecule has 2 aromatic heterocycles. The molecule has 0 aliphatic heterocycles. The Morgan fingerprint density at radius 2 is 2.09 bits per heavy atom. The van der Waals surface area contributed by atoms with E-state index in [2.05, 4.69) is 10.1 Å². The first-order chi connectivity index (χ1) is 15.9. The van der Waals surface area contributed by atoms with Gasteiger partial charge in [0.25, 0.3) is 5.56 Å². The Morgan fingerprint density at radius 1 is 1.30 bits per heavy atom. The van der Waals surface area contributed by atoms with Gasteiger partial charge in [-0.05, 0) is 44.4 Å². The highest BCUT2D eigenvalue weighted by Gasteiger charge is 2.48. The maximum atomic E-state index is 12.9. The van der Waals surface area contributed by atoms with Crippen LogP contribution in [0.25, 0.3) is 22.4 Å². The molecule has 3 unspecified atom stereocenters. The average Bonchev–Trinajstić information content (AvgIpc) is 3.53. The Hall–Kier alpha value is -3.20. The normalized spacial score (nSPS) is 18.3. The number of carbonyl (C=O) groups is 1. The van der Waals surface area contributed by atoms with Gasteiger partial charge in [-0.25, -0.2) is 4.98 Å². The van der Waals surface area contributed by atoms with Crippen LogP contribution in [-0.2, 0) is 23.0 Å². The van der Waals surface area contributed by atoms with E-state index in [0.717, 1.165) is 12.1 Å². The number of hydrogen-bond donors (Lipinski definition) is 2. The Balaban J connectivity index is 1.75. The summed E-state index contributed by atoms with van der Waals surface area (Å²) in [6, 6.07) is 5.32.